The number of benzene rings is 2. The first-order valence-electron chi connectivity index (χ1n) is 7.68. The summed E-state index contributed by atoms with van der Waals surface area (Å²) >= 11 is 0. The Bertz CT molecular complexity index is 504. The first-order chi connectivity index (χ1) is 9.81. The lowest BCUT2D eigenvalue weighted by Crippen LogP contribution is -2.07. The Hall–Kier alpha value is -1.76. The fraction of sp³-hybridized carbons (Fsp3) is 0.368. The van der Waals surface area contributed by atoms with Crippen molar-refractivity contribution in [3.63, 3.8) is 0 Å². The van der Waals surface area contributed by atoms with Crippen LogP contribution >= 0.6 is 0 Å². The SMILES string of the molecule is CCCc1ccccc1NCCC(C)c1ccccc1. The summed E-state index contributed by atoms with van der Waals surface area (Å²) in [6.45, 7) is 5.56. The van der Waals surface area contributed by atoms with Gasteiger partial charge in [0.25, 0.3) is 0 Å². The van der Waals surface area contributed by atoms with E-state index in [1.165, 1.54) is 23.2 Å². The van der Waals surface area contributed by atoms with E-state index >= 15 is 0 Å². The second-order valence-corrected chi connectivity index (χ2v) is 5.43. The quantitative estimate of drug-likeness (QED) is 0.723. The van der Waals surface area contributed by atoms with Gasteiger partial charge in [0.2, 0.25) is 0 Å². The fourth-order valence-corrected chi connectivity index (χ4v) is 2.55. The van der Waals surface area contributed by atoms with Crippen LogP contribution in [-0.2, 0) is 6.42 Å². The normalized spacial score (nSPS) is 12.1. The lowest BCUT2D eigenvalue weighted by Gasteiger charge is -2.15. The second kappa shape index (κ2) is 7.74. The van der Waals surface area contributed by atoms with Crippen molar-refractivity contribution >= 4 is 5.69 Å². The van der Waals surface area contributed by atoms with Crippen LogP contribution in [0.4, 0.5) is 5.69 Å². The van der Waals surface area contributed by atoms with Crippen molar-refractivity contribution in [3.05, 3.63) is 65.7 Å². The van der Waals surface area contributed by atoms with E-state index in [-0.39, 0.29) is 0 Å². The van der Waals surface area contributed by atoms with E-state index in [9.17, 15) is 0 Å². The third kappa shape index (κ3) is 4.12. The maximum atomic E-state index is 3.60. The molecule has 1 N–H and O–H groups in total. The highest BCUT2D eigenvalue weighted by atomic mass is 14.9. The molecule has 0 amide bonds. The molecule has 1 nitrogen and oxygen atoms in total. The average Bonchev–Trinajstić information content (AvgIpc) is 2.50. The van der Waals surface area contributed by atoms with Crippen molar-refractivity contribution in [3.8, 4) is 0 Å². The summed E-state index contributed by atoms with van der Waals surface area (Å²) in [4.78, 5) is 0. The van der Waals surface area contributed by atoms with Crippen LogP contribution in [0.3, 0.4) is 0 Å². The Labute approximate surface area is 123 Å². The Morgan fingerprint density at radius 3 is 2.40 bits per heavy atom. The van der Waals surface area contributed by atoms with Crippen molar-refractivity contribution in [2.24, 2.45) is 0 Å². The minimum atomic E-state index is 0.599. The van der Waals surface area contributed by atoms with Crippen molar-refractivity contribution in [1.29, 1.82) is 0 Å². The Morgan fingerprint density at radius 1 is 0.950 bits per heavy atom. The molecule has 0 bridgehead atoms. The first kappa shape index (κ1) is 14.6. The highest BCUT2D eigenvalue weighted by Gasteiger charge is 2.05. The topological polar surface area (TPSA) is 12.0 Å². The average molecular weight is 267 g/mol. The van der Waals surface area contributed by atoms with Gasteiger partial charge in [-0.1, -0.05) is 68.8 Å². The lowest BCUT2D eigenvalue weighted by molar-refractivity contribution is 0.705. The van der Waals surface area contributed by atoms with Gasteiger partial charge in [0, 0.05) is 12.2 Å². The molecule has 2 aromatic carbocycles. The monoisotopic (exact) mass is 267 g/mol. The largest absolute Gasteiger partial charge is 0.385 e. The van der Waals surface area contributed by atoms with E-state index < -0.39 is 0 Å². The predicted octanol–water partition coefficient (Wildman–Crippen LogP) is 5.24. The van der Waals surface area contributed by atoms with Crippen LogP contribution in [0.1, 0.15) is 43.7 Å². The molecule has 1 unspecified atom stereocenters. The number of rotatable bonds is 7. The van der Waals surface area contributed by atoms with Crippen molar-refractivity contribution in [2.45, 2.75) is 39.0 Å². The van der Waals surface area contributed by atoms with Crippen LogP contribution in [0.15, 0.2) is 54.6 Å². The van der Waals surface area contributed by atoms with Gasteiger partial charge in [-0.2, -0.15) is 0 Å². The van der Waals surface area contributed by atoms with Crippen molar-refractivity contribution < 1.29 is 0 Å². The van der Waals surface area contributed by atoms with Crippen LogP contribution in [0.5, 0.6) is 0 Å². The van der Waals surface area contributed by atoms with Gasteiger partial charge in [-0.3, -0.25) is 0 Å². The van der Waals surface area contributed by atoms with Crippen molar-refractivity contribution in [1.82, 2.24) is 0 Å². The van der Waals surface area contributed by atoms with Crippen LogP contribution in [0.2, 0.25) is 0 Å². The minimum Gasteiger partial charge on any atom is -0.385 e. The zero-order chi connectivity index (χ0) is 14.2. The molecule has 0 aliphatic carbocycles. The van der Waals surface area contributed by atoms with E-state index in [2.05, 4.69) is 73.8 Å². The predicted molar refractivity (Wildman–Crippen MR) is 88.4 cm³/mol. The minimum absolute atomic E-state index is 0.599. The Kier molecular flexibility index (Phi) is 5.67. The summed E-state index contributed by atoms with van der Waals surface area (Å²) in [5, 5.41) is 3.60. The summed E-state index contributed by atoms with van der Waals surface area (Å²) in [6, 6.07) is 19.4. The van der Waals surface area contributed by atoms with E-state index in [1.807, 2.05) is 0 Å². The number of para-hydroxylation sites is 1. The maximum absolute atomic E-state index is 3.60. The number of hydrogen-bond donors (Lipinski definition) is 1. The van der Waals surface area contributed by atoms with E-state index in [1.54, 1.807) is 0 Å². The molecule has 0 spiro atoms. The zero-order valence-corrected chi connectivity index (χ0v) is 12.6. The number of aryl methyl sites for hydroxylation is 1. The number of hydrogen-bond acceptors (Lipinski definition) is 1. The lowest BCUT2D eigenvalue weighted by atomic mass is 9.98. The van der Waals surface area contributed by atoms with Gasteiger partial charge < -0.3 is 5.32 Å². The van der Waals surface area contributed by atoms with Gasteiger partial charge >= 0.3 is 0 Å². The van der Waals surface area contributed by atoms with Crippen LogP contribution in [-0.4, -0.2) is 6.54 Å². The second-order valence-electron chi connectivity index (χ2n) is 5.43. The summed E-state index contributed by atoms with van der Waals surface area (Å²) in [7, 11) is 0. The molecule has 0 aliphatic rings. The molecule has 0 radical (unpaired) electrons. The van der Waals surface area contributed by atoms with Crippen molar-refractivity contribution in [2.75, 3.05) is 11.9 Å². The van der Waals surface area contributed by atoms with Crippen LogP contribution < -0.4 is 5.32 Å². The smallest absolute Gasteiger partial charge is 0.0372 e. The molecular formula is C19H25N. The standard InChI is InChI=1S/C19H25N/c1-3-9-18-12-7-8-13-19(18)20-15-14-16(2)17-10-5-4-6-11-17/h4-8,10-13,16,20H,3,9,14-15H2,1-2H3. The van der Waals surface area contributed by atoms with Gasteiger partial charge in [-0.15, -0.1) is 0 Å². The molecule has 1 atom stereocenters. The highest BCUT2D eigenvalue weighted by molar-refractivity contribution is 5.51. The highest BCUT2D eigenvalue weighted by Crippen LogP contribution is 2.20. The molecule has 0 aromatic heterocycles. The fourth-order valence-electron chi connectivity index (χ4n) is 2.55. The number of anilines is 1. The van der Waals surface area contributed by atoms with Gasteiger partial charge in [0.05, 0.1) is 0 Å². The van der Waals surface area contributed by atoms with E-state index in [0.717, 1.165) is 19.4 Å². The third-order valence-corrected chi connectivity index (χ3v) is 3.80. The molecule has 2 aromatic rings. The Morgan fingerprint density at radius 2 is 1.65 bits per heavy atom. The molecule has 0 aliphatic heterocycles. The molecule has 1 heteroatoms. The molecule has 2 rings (SSSR count). The van der Waals surface area contributed by atoms with Crippen LogP contribution in [0.25, 0.3) is 0 Å². The molecule has 0 saturated carbocycles. The Balaban J connectivity index is 1.87. The van der Waals surface area contributed by atoms with Crippen LogP contribution in [0, 0.1) is 0 Å². The summed E-state index contributed by atoms with van der Waals surface area (Å²) in [5.41, 5.74) is 4.16. The molecular weight excluding hydrogens is 242 g/mol. The molecule has 0 saturated heterocycles. The summed E-state index contributed by atoms with van der Waals surface area (Å²) in [6.07, 6.45) is 3.50. The first-order valence-corrected chi connectivity index (χ1v) is 7.68. The molecule has 0 fully saturated rings. The summed E-state index contributed by atoms with van der Waals surface area (Å²) in [5.74, 6) is 0.599. The molecule has 0 heterocycles. The summed E-state index contributed by atoms with van der Waals surface area (Å²) < 4.78 is 0. The van der Waals surface area contributed by atoms with Gasteiger partial charge in [-0.25, -0.2) is 0 Å². The third-order valence-electron chi connectivity index (χ3n) is 3.80. The maximum Gasteiger partial charge on any atom is 0.0372 e. The molecule has 106 valence electrons. The van der Waals surface area contributed by atoms with E-state index in [4.69, 9.17) is 0 Å². The van der Waals surface area contributed by atoms with Gasteiger partial charge in [0.1, 0.15) is 0 Å². The van der Waals surface area contributed by atoms with Gasteiger partial charge in [-0.05, 0) is 36.0 Å². The molecule has 20 heavy (non-hydrogen) atoms. The zero-order valence-electron chi connectivity index (χ0n) is 12.6. The van der Waals surface area contributed by atoms with E-state index in [0.29, 0.717) is 5.92 Å². The number of nitrogens with one attached hydrogen (secondary N) is 1. The van der Waals surface area contributed by atoms with Gasteiger partial charge in [0.15, 0.2) is 0 Å².